The van der Waals surface area contributed by atoms with E-state index in [0.29, 0.717) is 17.2 Å². The Kier molecular flexibility index (Phi) is 5.30. The molecular weight excluding hydrogens is 378 g/mol. The van der Waals surface area contributed by atoms with E-state index in [2.05, 4.69) is 4.98 Å². The molecule has 0 amide bonds. The standard InChI is InChI=1S/C24H23N3O3/c1-27(21-7-5-4-6-19(21)25)16-8-10-17(11-9-16)30-22-12-13-26-20-15-24(29-3)23(28-2)14-18(20)22/h4-15H,25H2,1-3H3. The van der Waals surface area contributed by atoms with E-state index in [4.69, 9.17) is 19.9 Å². The van der Waals surface area contributed by atoms with Crippen LogP contribution in [0.2, 0.25) is 0 Å². The minimum atomic E-state index is 0.625. The van der Waals surface area contributed by atoms with Gasteiger partial charge in [0.25, 0.3) is 0 Å². The van der Waals surface area contributed by atoms with Gasteiger partial charge in [0.1, 0.15) is 11.5 Å². The summed E-state index contributed by atoms with van der Waals surface area (Å²) in [5.74, 6) is 2.66. The molecule has 3 aromatic carbocycles. The molecule has 0 radical (unpaired) electrons. The lowest BCUT2D eigenvalue weighted by Gasteiger charge is -2.21. The highest BCUT2D eigenvalue weighted by Crippen LogP contribution is 2.37. The second-order valence-electron chi connectivity index (χ2n) is 6.75. The minimum Gasteiger partial charge on any atom is -0.493 e. The maximum atomic E-state index is 6.15. The average Bonchev–Trinajstić information content (AvgIpc) is 2.78. The van der Waals surface area contributed by atoms with E-state index in [9.17, 15) is 0 Å². The van der Waals surface area contributed by atoms with E-state index in [1.54, 1.807) is 20.4 Å². The van der Waals surface area contributed by atoms with Gasteiger partial charge in [0, 0.05) is 30.4 Å². The number of fused-ring (bicyclic) bond motifs is 1. The predicted octanol–water partition coefficient (Wildman–Crippen LogP) is 5.39. The van der Waals surface area contributed by atoms with Crippen molar-refractivity contribution in [3.8, 4) is 23.0 Å². The third-order valence-corrected chi connectivity index (χ3v) is 4.96. The molecule has 0 atom stereocenters. The molecule has 0 saturated carbocycles. The zero-order valence-corrected chi connectivity index (χ0v) is 17.1. The van der Waals surface area contributed by atoms with Crippen LogP contribution in [0, 0.1) is 0 Å². The number of benzene rings is 3. The number of methoxy groups -OCH3 is 2. The van der Waals surface area contributed by atoms with Gasteiger partial charge >= 0.3 is 0 Å². The third-order valence-electron chi connectivity index (χ3n) is 4.96. The van der Waals surface area contributed by atoms with Gasteiger partial charge in [-0.25, -0.2) is 0 Å². The second kappa shape index (κ2) is 8.21. The number of nitrogens with zero attached hydrogens (tertiary/aromatic N) is 2. The van der Waals surface area contributed by atoms with Gasteiger partial charge in [0.2, 0.25) is 0 Å². The number of anilines is 3. The number of ether oxygens (including phenoxy) is 3. The number of nitrogens with two attached hydrogens (primary N) is 1. The Morgan fingerprint density at radius 1 is 0.833 bits per heavy atom. The Bertz CT molecular complexity index is 1180. The molecule has 0 aliphatic carbocycles. The van der Waals surface area contributed by atoms with Crippen LogP contribution in [-0.4, -0.2) is 26.3 Å². The van der Waals surface area contributed by atoms with E-state index in [-0.39, 0.29) is 0 Å². The number of aromatic nitrogens is 1. The Morgan fingerprint density at radius 2 is 1.53 bits per heavy atom. The molecule has 0 spiro atoms. The molecule has 0 aliphatic rings. The van der Waals surface area contributed by atoms with Gasteiger partial charge in [-0.2, -0.15) is 0 Å². The third kappa shape index (κ3) is 3.67. The first-order valence-corrected chi connectivity index (χ1v) is 9.47. The van der Waals surface area contributed by atoms with Gasteiger partial charge in [-0.15, -0.1) is 0 Å². The van der Waals surface area contributed by atoms with Crippen molar-refractivity contribution >= 4 is 28.0 Å². The quantitative estimate of drug-likeness (QED) is 0.437. The topological polar surface area (TPSA) is 69.8 Å². The van der Waals surface area contributed by atoms with Gasteiger partial charge < -0.3 is 24.8 Å². The maximum absolute atomic E-state index is 6.15. The van der Waals surface area contributed by atoms with Crippen molar-refractivity contribution in [2.75, 3.05) is 31.9 Å². The van der Waals surface area contributed by atoms with Crippen LogP contribution >= 0.6 is 0 Å². The van der Waals surface area contributed by atoms with Crippen LogP contribution in [0.5, 0.6) is 23.0 Å². The van der Waals surface area contributed by atoms with E-state index in [1.807, 2.05) is 78.7 Å². The molecule has 152 valence electrons. The largest absolute Gasteiger partial charge is 0.493 e. The highest BCUT2D eigenvalue weighted by Gasteiger charge is 2.12. The van der Waals surface area contributed by atoms with Crippen LogP contribution in [-0.2, 0) is 0 Å². The maximum Gasteiger partial charge on any atom is 0.162 e. The van der Waals surface area contributed by atoms with Gasteiger partial charge in [0.15, 0.2) is 11.5 Å². The van der Waals surface area contributed by atoms with Crippen molar-refractivity contribution < 1.29 is 14.2 Å². The first-order chi connectivity index (χ1) is 14.6. The van der Waals surface area contributed by atoms with Crippen LogP contribution < -0.4 is 24.8 Å². The predicted molar refractivity (Wildman–Crippen MR) is 120 cm³/mol. The number of pyridine rings is 1. The molecule has 1 heterocycles. The van der Waals surface area contributed by atoms with Crippen LogP contribution in [0.3, 0.4) is 0 Å². The lowest BCUT2D eigenvalue weighted by atomic mass is 10.1. The van der Waals surface area contributed by atoms with Gasteiger partial charge in [0.05, 0.1) is 31.1 Å². The number of nitrogen functional groups attached to an aromatic ring is 1. The number of hydrogen-bond donors (Lipinski definition) is 1. The Morgan fingerprint density at radius 3 is 2.23 bits per heavy atom. The molecule has 0 bridgehead atoms. The first kappa shape index (κ1) is 19.4. The first-order valence-electron chi connectivity index (χ1n) is 9.47. The Hall–Kier alpha value is -3.93. The number of hydrogen-bond acceptors (Lipinski definition) is 6. The summed E-state index contributed by atoms with van der Waals surface area (Å²) in [5, 5.41) is 0.841. The molecule has 30 heavy (non-hydrogen) atoms. The monoisotopic (exact) mass is 401 g/mol. The van der Waals surface area contributed by atoms with Crippen molar-refractivity contribution in [2.45, 2.75) is 0 Å². The van der Waals surface area contributed by atoms with Crippen molar-refractivity contribution in [1.29, 1.82) is 0 Å². The zero-order chi connectivity index (χ0) is 21.1. The molecule has 6 heteroatoms. The second-order valence-corrected chi connectivity index (χ2v) is 6.75. The fourth-order valence-corrected chi connectivity index (χ4v) is 3.33. The van der Waals surface area contributed by atoms with Gasteiger partial charge in [-0.1, -0.05) is 12.1 Å². The summed E-state index contributed by atoms with van der Waals surface area (Å²) in [6, 6.07) is 21.2. The smallest absolute Gasteiger partial charge is 0.162 e. The highest BCUT2D eigenvalue weighted by atomic mass is 16.5. The Labute approximate surface area is 175 Å². The molecular formula is C24H23N3O3. The molecule has 4 aromatic rings. The molecule has 0 saturated heterocycles. The lowest BCUT2D eigenvalue weighted by Crippen LogP contribution is -2.11. The summed E-state index contributed by atoms with van der Waals surface area (Å²) in [6.07, 6.45) is 1.71. The highest BCUT2D eigenvalue weighted by molar-refractivity contribution is 5.88. The summed E-state index contributed by atoms with van der Waals surface area (Å²) in [4.78, 5) is 6.45. The molecule has 0 fully saturated rings. The summed E-state index contributed by atoms with van der Waals surface area (Å²) in [5.41, 5.74) is 9.55. The number of rotatable bonds is 6. The van der Waals surface area contributed by atoms with Crippen molar-refractivity contribution in [3.05, 3.63) is 72.9 Å². The van der Waals surface area contributed by atoms with Crippen molar-refractivity contribution in [2.24, 2.45) is 0 Å². The molecule has 0 aliphatic heterocycles. The summed E-state index contributed by atoms with van der Waals surface area (Å²) in [6.45, 7) is 0. The van der Waals surface area contributed by atoms with E-state index in [0.717, 1.165) is 33.7 Å². The van der Waals surface area contributed by atoms with Crippen LogP contribution in [0.25, 0.3) is 10.9 Å². The average molecular weight is 401 g/mol. The van der Waals surface area contributed by atoms with Gasteiger partial charge in [-0.05, 0) is 48.5 Å². The van der Waals surface area contributed by atoms with Crippen molar-refractivity contribution in [3.63, 3.8) is 0 Å². The Balaban J connectivity index is 1.62. The van der Waals surface area contributed by atoms with Gasteiger partial charge in [-0.3, -0.25) is 4.98 Å². The molecule has 6 nitrogen and oxygen atoms in total. The fourth-order valence-electron chi connectivity index (χ4n) is 3.33. The van der Waals surface area contributed by atoms with E-state index in [1.165, 1.54) is 0 Å². The minimum absolute atomic E-state index is 0.625. The zero-order valence-electron chi connectivity index (χ0n) is 17.1. The summed E-state index contributed by atoms with van der Waals surface area (Å²) >= 11 is 0. The number of para-hydroxylation sites is 2. The van der Waals surface area contributed by atoms with E-state index < -0.39 is 0 Å². The SMILES string of the molecule is COc1cc2nccc(Oc3ccc(N(C)c4ccccc4N)cc3)c2cc1OC. The normalized spacial score (nSPS) is 10.6. The fraction of sp³-hybridized carbons (Fsp3) is 0.125. The molecule has 0 unspecified atom stereocenters. The molecule has 4 rings (SSSR count). The lowest BCUT2D eigenvalue weighted by molar-refractivity contribution is 0.355. The molecule has 2 N–H and O–H groups in total. The van der Waals surface area contributed by atoms with Crippen LogP contribution in [0.15, 0.2) is 72.9 Å². The van der Waals surface area contributed by atoms with Crippen LogP contribution in [0.1, 0.15) is 0 Å². The molecule has 1 aromatic heterocycles. The van der Waals surface area contributed by atoms with Crippen LogP contribution in [0.4, 0.5) is 17.1 Å². The van der Waals surface area contributed by atoms with Crippen molar-refractivity contribution in [1.82, 2.24) is 4.98 Å². The van der Waals surface area contributed by atoms with E-state index >= 15 is 0 Å². The summed E-state index contributed by atoms with van der Waals surface area (Å²) < 4.78 is 16.9. The summed E-state index contributed by atoms with van der Waals surface area (Å²) in [7, 11) is 5.19.